The molecule has 3 heteroatoms. The molecule has 0 saturated heterocycles. The van der Waals surface area contributed by atoms with Gasteiger partial charge in [0, 0.05) is 23.6 Å². The van der Waals surface area contributed by atoms with E-state index >= 15 is 0 Å². The SMILES string of the molecule is Cc1c(Br)ccc2c1CCC(=O)N2C. The summed E-state index contributed by atoms with van der Waals surface area (Å²) in [5.74, 6) is 0.208. The molecule has 0 atom stereocenters. The number of halogens is 1. The van der Waals surface area contributed by atoms with Crippen LogP contribution in [0.2, 0.25) is 0 Å². The Bertz CT molecular complexity index is 401. The van der Waals surface area contributed by atoms with Gasteiger partial charge in [-0.2, -0.15) is 0 Å². The first-order valence-corrected chi connectivity index (χ1v) is 5.45. The van der Waals surface area contributed by atoms with Crippen molar-refractivity contribution in [2.45, 2.75) is 19.8 Å². The monoisotopic (exact) mass is 253 g/mol. The molecule has 74 valence electrons. The van der Waals surface area contributed by atoms with Gasteiger partial charge in [-0.25, -0.2) is 0 Å². The van der Waals surface area contributed by atoms with Crippen LogP contribution in [-0.4, -0.2) is 13.0 Å². The molecular formula is C11H12BrNO. The molecule has 0 unspecified atom stereocenters. The Morgan fingerprint density at radius 1 is 1.36 bits per heavy atom. The summed E-state index contributed by atoms with van der Waals surface area (Å²) in [5, 5.41) is 0. The zero-order chi connectivity index (χ0) is 10.3. The number of hydrogen-bond acceptors (Lipinski definition) is 1. The molecule has 0 aromatic heterocycles. The third-order valence-electron chi connectivity index (χ3n) is 2.83. The summed E-state index contributed by atoms with van der Waals surface area (Å²) in [5.41, 5.74) is 3.60. The van der Waals surface area contributed by atoms with Crippen LogP contribution >= 0.6 is 15.9 Å². The average molecular weight is 254 g/mol. The quantitative estimate of drug-likeness (QED) is 0.697. The maximum absolute atomic E-state index is 11.5. The number of hydrogen-bond donors (Lipinski definition) is 0. The molecule has 0 spiro atoms. The number of benzene rings is 1. The molecule has 0 aliphatic carbocycles. The third kappa shape index (κ3) is 1.36. The Morgan fingerprint density at radius 2 is 2.07 bits per heavy atom. The number of nitrogens with zero attached hydrogens (tertiary/aromatic N) is 1. The standard InChI is InChI=1S/C11H12BrNO/c1-7-8-3-6-11(14)13(2)10(8)5-4-9(7)12/h4-5H,3,6H2,1-2H3. The Kier molecular flexibility index (Phi) is 2.35. The minimum atomic E-state index is 0.208. The number of rotatable bonds is 0. The second-order valence-corrected chi connectivity index (χ2v) is 4.48. The minimum absolute atomic E-state index is 0.208. The van der Waals surface area contributed by atoms with Crippen molar-refractivity contribution in [3.63, 3.8) is 0 Å². The highest BCUT2D eigenvalue weighted by Crippen LogP contribution is 2.32. The highest BCUT2D eigenvalue weighted by atomic mass is 79.9. The summed E-state index contributed by atoms with van der Waals surface area (Å²) in [6, 6.07) is 4.01. The lowest BCUT2D eigenvalue weighted by Crippen LogP contribution is -2.31. The van der Waals surface area contributed by atoms with E-state index in [1.54, 1.807) is 4.90 Å². The zero-order valence-corrected chi connectivity index (χ0v) is 9.89. The molecule has 0 radical (unpaired) electrons. The smallest absolute Gasteiger partial charge is 0.227 e. The van der Waals surface area contributed by atoms with Crippen molar-refractivity contribution in [2.24, 2.45) is 0 Å². The van der Waals surface area contributed by atoms with E-state index in [4.69, 9.17) is 0 Å². The lowest BCUT2D eigenvalue weighted by Gasteiger charge is -2.27. The van der Waals surface area contributed by atoms with Crippen LogP contribution in [0.5, 0.6) is 0 Å². The van der Waals surface area contributed by atoms with Gasteiger partial charge in [0.15, 0.2) is 0 Å². The summed E-state index contributed by atoms with van der Waals surface area (Å²) < 4.78 is 1.12. The molecule has 1 aliphatic rings. The fraction of sp³-hybridized carbons (Fsp3) is 0.364. The van der Waals surface area contributed by atoms with E-state index in [0.29, 0.717) is 6.42 Å². The molecule has 0 N–H and O–H groups in total. The van der Waals surface area contributed by atoms with Gasteiger partial charge in [0.25, 0.3) is 0 Å². The van der Waals surface area contributed by atoms with Gasteiger partial charge in [-0.05, 0) is 36.6 Å². The Labute approximate surface area is 92.0 Å². The van der Waals surface area contributed by atoms with Crippen LogP contribution < -0.4 is 4.90 Å². The van der Waals surface area contributed by atoms with Crippen LogP contribution in [0.4, 0.5) is 5.69 Å². The van der Waals surface area contributed by atoms with Gasteiger partial charge < -0.3 is 4.90 Å². The summed E-state index contributed by atoms with van der Waals surface area (Å²) in [4.78, 5) is 13.2. The molecule has 1 heterocycles. The van der Waals surface area contributed by atoms with E-state index in [0.717, 1.165) is 16.6 Å². The van der Waals surface area contributed by atoms with Gasteiger partial charge in [0.1, 0.15) is 0 Å². The zero-order valence-electron chi connectivity index (χ0n) is 8.30. The predicted molar refractivity (Wildman–Crippen MR) is 60.6 cm³/mol. The van der Waals surface area contributed by atoms with Gasteiger partial charge in [-0.1, -0.05) is 15.9 Å². The molecule has 1 aromatic rings. The Balaban J connectivity index is 2.59. The molecule has 2 nitrogen and oxygen atoms in total. The molecule has 0 fully saturated rings. The van der Waals surface area contributed by atoms with Crippen LogP contribution in [0.3, 0.4) is 0 Å². The van der Waals surface area contributed by atoms with E-state index in [-0.39, 0.29) is 5.91 Å². The number of anilines is 1. The lowest BCUT2D eigenvalue weighted by molar-refractivity contribution is -0.118. The van der Waals surface area contributed by atoms with Gasteiger partial charge in [0.2, 0.25) is 5.91 Å². The highest BCUT2D eigenvalue weighted by Gasteiger charge is 2.22. The van der Waals surface area contributed by atoms with Crippen molar-refractivity contribution in [1.82, 2.24) is 0 Å². The summed E-state index contributed by atoms with van der Waals surface area (Å²) >= 11 is 3.51. The van der Waals surface area contributed by atoms with Gasteiger partial charge in [-0.15, -0.1) is 0 Å². The normalized spacial score (nSPS) is 15.6. The number of fused-ring (bicyclic) bond motifs is 1. The lowest BCUT2D eigenvalue weighted by atomic mass is 9.97. The molecule has 14 heavy (non-hydrogen) atoms. The summed E-state index contributed by atoms with van der Waals surface area (Å²) in [6.45, 7) is 2.09. The number of carbonyl (C=O) groups excluding carboxylic acids is 1. The van der Waals surface area contributed by atoms with Crippen molar-refractivity contribution in [1.29, 1.82) is 0 Å². The fourth-order valence-electron chi connectivity index (χ4n) is 1.88. The second-order valence-electron chi connectivity index (χ2n) is 3.62. The largest absolute Gasteiger partial charge is 0.315 e. The van der Waals surface area contributed by atoms with E-state index in [1.807, 2.05) is 19.2 Å². The second kappa shape index (κ2) is 3.39. The van der Waals surface area contributed by atoms with Crippen LogP contribution in [0.15, 0.2) is 16.6 Å². The van der Waals surface area contributed by atoms with Crippen LogP contribution in [0, 0.1) is 6.92 Å². The molecule has 0 bridgehead atoms. The van der Waals surface area contributed by atoms with Crippen LogP contribution in [-0.2, 0) is 11.2 Å². The van der Waals surface area contributed by atoms with E-state index in [2.05, 4.69) is 22.9 Å². The van der Waals surface area contributed by atoms with E-state index in [9.17, 15) is 4.79 Å². The van der Waals surface area contributed by atoms with Gasteiger partial charge >= 0.3 is 0 Å². The Morgan fingerprint density at radius 3 is 2.79 bits per heavy atom. The molecular weight excluding hydrogens is 242 g/mol. The average Bonchev–Trinajstić information content (AvgIpc) is 2.17. The van der Waals surface area contributed by atoms with Crippen molar-refractivity contribution in [3.05, 3.63) is 27.7 Å². The van der Waals surface area contributed by atoms with Gasteiger partial charge in [-0.3, -0.25) is 4.79 Å². The van der Waals surface area contributed by atoms with E-state index < -0.39 is 0 Å². The highest BCUT2D eigenvalue weighted by molar-refractivity contribution is 9.10. The van der Waals surface area contributed by atoms with Crippen molar-refractivity contribution < 1.29 is 4.79 Å². The van der Waals surface area contributed by atoms with Crippen molar-refractivity contribution >= 4 is 27.5 Å². The predicted octanol–water partition coefficient (Wildman–Crippen LogP) is 2.67. The number of amides is 1. The van der Waals surface area contributed by atoms with Crippen LogP contribution in [0.25, 0.3) is 0 Å². The number of carbonyl (C=O) groups is 1. The Hall–Kier alpha value is -0.830. The van der Waals surface area contributed by atoms with Crippen LogP contribution in [0.1, 0.15) is 17.5 Å². The third-order valence-corrected chi connectivity index (χ3v) is 3.69. The topological polar surface area (TPSA) is 20.3 Å². The maximum atomic E-state index is 11.5. The van der Waals surface area contributed by atoms with Crippen molar-refractivity contribution in [3.8, 4) is 0 Å². The molecule has 1 aliphatic heterocycles. The minimum Gasteiger partial charge on any atom is -0.315 e. The molecule has 1 aromatic carbocycles. The first-order chi connectivity index (χ1) is 6.61. The molecule has 0 saturated carbocycles. The van der Waals surface area contributed by atoms with Gasteiger partial charge in [0.05, 0.1) is 0 Å². The molecule has 1 amide bonds. The summed E-state index contributed by atoms with van der Waals surface area (Å²) in [7, 11) is 1.84. The fourth-order valence-corrected chi connectivity index (χ4v) is 2.25. The van der Waals surface area contributed by atoms with E-state index in [1.165, 1.54) is 11.1 Å². The maximum Gasteiger partial charge on any atom is 0.227 e. The molecule has 2 rings (SSSR count). The first kappa shape index (κ1) is 9.71. The summed E-state index contributed by atoms with van der Waals surface area (Å²) in [6.07, 6.45) is 1.49. The van der Waals surface area contributed by atoms with Crippen molar-refractivity contribution in [2.75, 3.05) is 11.9 Å². The first-order valence-electron chi connectivity index (χ1n) is 4.66.